The zero-order chi connectivity index (χ0) is 18.3. The van der Waals surface area contributed by atoms with E-state index < -0.39 is 11.5 Å². The first-order chi connectivity index (χ1) is 12.5. The summed E-state index contributed by atoms with van der Waals surface area (Å²) in [7, 11) is 0. The van der Waals surface area contributed by atoms with Crippen molar-refractivity contribution in [3.8, 4) is 0 Å². The Labute approximate surface area is 150 Å². The minimum atomic E-state index is -0.503. The van der Waals surface area contributed by atoms with E-state index in [0.717, 1.165) is 19.3 Å². The van der Waals surface area contributed by atoms with Gasteiger partial charge in [0.05, 0.1) is 11.5 Å². The van der Waals surface area contributed by atoms with Crippen molar-refractivity contribution in [1.29, 1.82) is 0 Å². The van der Waals surface area contributed by atoms with Gasteiger partial charge in [-0.3, -0.25) is 14.7 Å². The molecule has 2 amide bonds. The Morgan fingerprint density at radius 3 is 2.85 bits per heavy atom. The van der Waals surface area contributed by atoms with E-state index in [4.69, 9.17) is 0 Å². The summed E-state index contributed by atoms with van der Waals surface area (Å²) in [5, 5.41) is 9.79. The molecule has 1 saturated heterocycles. The van der Waals surface area contributed by atoms with Gasteiger partial charge in [-0.2, -0.15) is 5.10 Å². The first-order valence-corrected chi connectivity index (χ1v) is 8.73. The summed E-state index contributed by atoms with van der Waals surface area (Å²) in [5.41, 5.74) is 0.594. The van der Waals surface area contributed by atoms with Crippen LogP contribution in [0.4, 0.5) is 10.1 Å². The standard InChI is InChI=1S/C18H20FN5O2/c1-11-7-13(3-4-14(11)19)24-9-12(8-15(24)25)16(26)22-18(5-2-6-18)17-20-10-21-23-17/h3-4,7,10,12H,2,5-6,8-9H2,1H3,(H,22,26)(H,20,21,23). The van der Waals surface area contributed by atoms with Crippen molar-refractivity contribution in [2.24, 2.45) is 5.92 Å². The molecule has 0 bridgehead atoms. The molecule has 1 aliphatic heterocycles. The van der Waals surface area contributed by atoms with Gasteiger partial charge >= 0.3 is 0 Å². The Hall–Kier alpha value is -2.77. The second kappa shape index (κ2) is 6.19. The number of aromatic amines is 1. The van der Waals surface area contributed by atoms with Crippen molar-refractivity contribution >= 4 is 17.5 Å². The van der Waals surface area contributed by atoms with Gasteiger partial charge in [0.25, 0.3) is 0 Å². The number of nitrogens with zero attached hydrogens (tertiary/aromatic N) is 3. The number of hydrogen-bond acceptors (Lipinski definition) is 4. The Morgan fingerprint density at radius 2 is 2.23 bits per heavy atom. The molecular weight excluding hydrogens is 337 g/mol. The van der Waals surface area contributed by atoms with E-state index in [1.165, 1.54) is 12.4 Å². The average molecular weight is 357 g/mol. The van der Waals surface area contributed by atoms with Crippen molar-refractivity contribution in [3.05, 3.63) is 41.7 Å². The van der Waals surface area contributed by atoms with Crippen LogP contribution in [0.1, 0.15) is 37.1 Å². The minimum absolute atomic E-state index is 0.126. The topological polar surface area (TPSA) is 91.0 Å². The predicted molar refractivity (Wildman–Crippen MR) is 91.7 cm³/mol. The van der Waals surface area contributed by atoms with Crippen LogP contribution in [0.15, 0.2) is 24.5 Å². The molecule has 2 aliphatic rings. The number of rotatable bonds is 4. The SMILES string of the molecule is Cc1cc(N2CC(C(=O)NC3(c4ncn[nH]4)CCC3)CC2=O)ccc1F. The lowest BCUT2D eigenvalue weighted by Gasteiger charge is -2.41. The number of halogens is 1. The lowest BCUT2D eigenvalue weighted by molar-refractivity contribution is -0.129. The molecule has 1 aromatic carbocycles. The fraction of sp³-hybridized carbons (Fsp3) is 0.444. The van der Waals surface area contributed by atoms with Crippen molar-refractivity contribution in [2.45, 2.75) is 38.1 Å². The third-order valence-corrected chi connectivity index (χ3v) is 5.39. The minimum Gasteiger partial charge on any atom is -0.343 e. The van der Waals surface area contributed by atoms with E-state index in [1.54, 1.807) is 24.0 Å². The molecule has 1 unspecified atom stereocenters. The zero-order valence-corrected chi connectivity index (χ0v) is 14.5. The average Bonchev–Trinajstić information content (AvgIpc) is 3.23. The van der Waals surface area contributed by atoms with E-state index in [-0.39, 0.29) is 24.1 Å². The highest BCUT2D eigenvalue weighted by Gasteiger charge is 2.45. The van der Waals surface area contributed by atoms with Crippen LogP contribution in [0.25, 0.3) is 0 Å². The quantitative estimate of drug-likeness (QED) is 0.873. The molecule has 4 rings (SSSR count). The van der Waals surface area contributed by atoms with E-state index in [2.05, 4.69) is 20.5 Å². The summed E-state index contributed by atoms with van der Waals surface area (Å²) >= 11 is 0. The fourth-order valence-electron chi connectivity index (χ4n) is 3.65. The molecule has 0 radical (unpaired) electrons. The third-order valence-electron chi connectivity index (χ3n) is 5.39. The largest absolute Gasteiger partial charge is 0.343 e. The molecule has 1 aliphatic carbocycles. The second-order valence-corrected chi connectivity index (χ2v) is 7.10. The number of carbonyl (C=O) groups excluding carboxylic acids is 2. The first kappa shape index (κ1) is 16.7. The van der Waals surface area contributed by atoms with Gasteiger partial charge in [-0.25, -0.2) is 9.37 Å². The Kier molecular flexibility index (Phi) is 3.97. The van der Waals surface area contributed by atoms with Gasteiger partial charge < -0.3 is 10.2 Å². The Morgan fingerprint density at radius 1 is 1.42 bits per heavy atom. The van der Waals surface area contributed by atoms with Crippen molar-refractivity contribution in [2.75, 3.05) is 11.4 Å². The summed E-state index contributed by atoms with van der Waals surface area (Å²) in [5.74, 6) is -0.372. The van der Waals surface area contributed by atoms with Crippen LogP contribution in [-0.4, -0.2) is 33.5 Å². The zero-order valence-electron chi connectivity index (χ0n) is 14.5. The molecule has 2 heterocycles. The Bertz CT molecular complexity index is 847. The van der Waals surface area contributed by atoms with Gasteiger partial charge in [0, 0.05) is 18.7 Å². The van der Waals surface area contributed by atoms with E-state index in [0.29, 0.717) is 23.6 Å². The number of amides is 2. The highest BCUT2D eigenvalue weighted by Crippen LogP contribution is 2.40. The highest BCUT2D eigenvalue weighted by atomic mass is 19.1. The molecule has 1 atom stereocenters. The molecule has 2 aromatic rings. The van der Waals surface area contributed by atoms with Crippen molar-refractivity contribution in [3.63, 3.8) is 0 Å². The lowest BCUT2D eigenvalue weighted by Crippen LogP contribution is -2.53. The number of anilines is 1. The molecule has 1 aromatic heterocycles. The highest BCUT2D eigenvalue weighted by molar-refractivity contribution is 6.00. The van der Waals surface area contributed by atoms with Crippen LogP contribution >= 0.6 is 0 Å². The van der Waals surface area contributed by atoms with Crippen molar-refractivity contribution < 1.29 is 14.0 Å². The number of benzene rings is 1. The second-order valence-electron chi connectivity index (χ2n) is 7.10. The normalized spacial score (nSPS) is 21.5. The van der Waals surface area contributed by atoms with Crippen LogP contribution in [0.2, 0.25) is 0 Å². The molecule has 1 saturated carbocycles. The number of nitrogens with one attached hydrogen (secondary N) is 2. The van der Waals surface area contributed by atoms with E-state index in [1.807, 2.05) is 0 Å². The van der Waals surface area contributed by atoms with Gasteiger partial charge in [-0.15, -0.1) is 0 Å². The molecule has 0 spiro atoms. The summed E-state index contributed by atoms with van der Waals surface area (Å²) in [6.45, 7) is 1.95. The smallest absolute Gasteiger partial charge is 0.227 e. The van der Waals surface area contributed by atoms with Crippen LogP contribution in [0.3, 0.4) is 0 Å². The molecule has 26 heavy (non-hydrogen) atoms. The van der Waals surface area contributed by atoms with Crippen LogP contribution in [0, 0.1) is 18.7 Å². The lowest BCUT2D eigenvalue weighted by atomic mass is 9.75. The van der Waals surface area contributed by atoms with Crippen LogP contribution in [-0.2, 0) is 15.1 Å². The summed E-state index contributed by atoms with van der Waals surface area (Å²) in [6, 6.07) is 4.55. The summed E-state index contributed by atoms with van der Waals surface area (Å²) in [6.07, 6.45) is 4.19. The van der Waals surface area contributed by atoms with Gasteiger partial charge in [-0.05, 0) is 49.9 Å². The summed E-state index contributed by atoms with van der Waals surface area (Å²) < 4.78 is 13.5. The van der Waals surface area contributed by atoms with Crippen LogP contribution < -0.4 is 10.2 Å². The number of aryl methyl sites for hydroxylation is 1. The number of hydrogen-bond donors (Lipinski definition) is 2. The van der Waals surface area contributed by atoms with E-state index in [9.17, 15) is 14.0 Å². The summed E-state index contributed by atoms with van der Waals surface area (Å²) in [4.78, 5) is 30.9. The van der Waals surface area contributed by atoms with E-state index >= 15 is 0 Å². The maximum absolute atomic E-state index is 13.5. The molecule has 2 N–H and O–H groups in total. The molecule has 7 nitrogen and oxygen atoms in total. The maximum Gasteiger partial charge on any atom is 0.227 e. The fourth-order valence-corrected chi connectivity index (χ4v) is 3.65. The molecule has 8 heteroatoms. The molecule has 2 fully saturated rings. The Balaban J connectivity index is 1.48. The monoisotopic (exact) mass is 357 g/mol. The number of aromatic nitrogens is 3. The van der Waals surface area contributed by atoms with Gasteiger partial charge in [0.15, 0.2) is 0 Å². The number of carbonyl (C=O) groups is 2. The van der Waals surface area contributed by atoms with Gasteiger partial charge in [0.2, 0.25) is 11.8 Å². The predicted octanol–water partition coefficient (Wildman–Crippen LogP) is 1.80. The first-order valence-electron chi connectivity index (χ1n) is 8.73. The van der Waals surface area contributed by atoms with Crippen LogP contribution in [0.5, 0.6) is 0 Å². The molecule has 136 valence electrons. The molecular formula is C18H20FN5O2. The van der Waals surface area contributed by atoms with Gasteiger partial charge in [0.1, 0.15) is 18.0 Å². The maximum atomic E-state index is 13.5. The number of H-pyrrole nitrogens is 1. The third kappa shape index (κ3) is 2.75. The van der Waals surface area contributed by atoms with Crippen molar-refractivity contribution in [1.82, 2.24) is 20.5 Å². The van der Waals surface area contributed by atoms with Gasteiger partial charge in [-0.1, -0.05) is 0 Å².